The highest BCUT2D eigenvalue weighted by atomic mass is 16.5. The van der Waals surface area contributed by atoms with E-state index >= 15 is 0 Å². The van der Waals surface area contributed by atoms with Crippen molar-refractivity contribution in [3.8, 4) is 0 Å². The second kappa shape index (κ2) is 21.6. The summed E-state index contributed by atoms with van der Waals surface area (Å²) in [5.41, 5.74) is 2.34. The predicted molar refractivity (Wildman–Crippen MR) is 215 cm³/mol. The third kappa shape index (κ3) is 12.7. The Kier molecular flexibility index (Phi) is 16.4. The van der Waals surface area contributed by atoms with Crippen molar-refractivity contribution in [1.29, 1.82) is 0 Å². The average molecular weight is 761 g/mol. The Morgan fingerprint density at radius 3 is 1.68 bits per heavy atom. The quantitative estimate of drug-likeness (QED) is 0.0496. The van der Waals surface area contributed by atoms with Crippen LogP contribution in [0.4, 0.5) is 4.79 Å². The van der Waals surface area contributed by atoms with Crippen molar-refractivity contribution in [2.45, 2.75) is 77.2 Å². The zero-order valence-corrected chi connectivity index (χ0v) is 32.4. The van der Waals surface area contributed by atoms with Gasteiger partial charge in [-0.25, -0.2) is 9.59 Å². The molecule has 0 bridgehead atoms. The predicted octanol–water partition coefficient (Wildman–Crippen LogP) is 6.32. The first-order valence-corrected chi connectivity index (χ1v) is 18.9. The van der Waals surface area contributed by atoms with Gasteiger partial charge in [0, 0.05) is 18.5 Å². The van der Waals surface area contributed by atoms with Crippen molar-refractivity contribution in [3.05, 3.63) is 156 Å². The summed E-state index contributed by atoms with van der Waals surface area (Å²) in [5, 5.41) is 11.5. The molecule has 4 amide bonds. The third-order valence-corrected chi connectivity index (χ3v) is 8.99. The summed E-state index contributed by atoms with van der Waals surface area (Å²) in [6, 6.07) is 35.5. The number of amides is 4. The maximum Gasteiger partial charge on any atom is 0.408 e. The second-order valence-corrected chi connectivity index (χ2v) is 13.8. The van der Waals surface area contributed by atoms with Gasteiger partial charge in [-0.2, -0.15) is 0 Å². The summed E-state index contributed by atoms with van der Waals surface area (Å²) in [6.07, 6.45) is 2.32. The van der Waals surface area contributed by atoms with Gasteiger partial charge < -0.3 is 30.7 Å². The summed E-state index contributed by atoms with van der Waals surface area (Å²) in [7, 11) is 0. The first-order chi connectivity index (χ1) is 27.0. The van der Waals surface area contributed by atoms with E-state index in [1.165, 1.54) is 19.1 Å². The molecule has 0 aromatic heterocycles. The molecule has 56 heavy (non-hydrogen) atoms. The second-order valence-electron chi connectivity index (χ2n) is 13.8. The number of alkyl carbamates (subject to hydrolysis) is 1. The number of hydrogen-bond acceptors (Lipinski definition) is 7. The van der Waals surface area contributed by atoms with E-state index < -0.39 is 47.5 Å². The fourth-order valence-corrected chi connectivity index (χ4v) is 6.24. The van der Waals surface area contributed by atoms with Crippen LogP contribution in [0.15, 0.2) is 133 Å². The minimum Gasteiger partial charge on any atom is -0.463 e. The molecule has 294 valence electrons. The lowest BCUT2D eigenvalue weighted by Gasteiger charge is -2.37. The zero-order valence-electron chi connectivity index (χ0n) is 32.4. The van der Waals surface area contributed by atoms with E-state index in [1.54, 1.807) is 6.92 Å². The van der Waals surface area contributed by atoms with Gasteiger partial charge in [-0.3, -0.25) is 14.4 Å². The first-order valence-electron chi connectivity index (χ1n) is 18.9. The summed E-state index contributed by atoms with van der Waals surface area (Å²) in [4.78, 5) is 65.9. The molecule has 4 aromatic carbocycles. The fraction of sp³-hybridized carbons (Fsp3) is 0.311. The lowest BCUT2D eigenvalue weighted by Crippen LogP contribution is -2.54. The molecule has 0 heterocycles. The molecular weight excluding hydrogens is 709 g/mol. The minimum atomic E-state index is -1.03. The van der Waals surface area contributed by atoms with Crippen LogP contribution in [-0.2, 0) is 40.8 Å². The molecule has 0 spiro atoms. The molecule has 0 unspecified atom stereocenters. The largest absolute Gasteiger partial charge is 0.463 e. The molecule has 0 saturated carbocycles. The summed E-state index contributed by atoms with van der Waals surface area (Å²) in [6.45, 7) is 7.22. The molecule has 0 fully saturated rings. The molecule has 0 aliphatic carbocycles. The molecule has 11 nitrogen and oxygen atoms in total. The van der Waals surface area contributed by atoms with Gasteiger partial charge >= 0.3 is 12.1 Å². The van der Waals surface area contributed by atoms with Crippen molar-refractivity contribution >= 4 is 29.8 Å². The van der Waals surface area contributed by atoms with Gasteiger partial charge in [-0.05, 0) is 54.9 Å². The van der Waals surface area contributed by atoms with Crippen LogP contribution >= 0.6 is 0 Å². The van der Waals surface area contributed by atoms with Crippen LogP contribution < -0.4 is 21.3 Å². The molecule has 4 rings (SSSR count). The number of rotatable bonds is 19. The van der Waals surface area contributed by atoms with E-state index in [1.807, 2.05) is 135 Å². The molecule has 3 atom stereocenters. The van der Waals surface area contributed by atoms with E-state index in [0.717, 1.165) is 22.3 Å². The summed E-state index contributed by atoms with van der Waals surface area (Å²) in [5.74, 6) is -1.98. The van der Waals surface area contributed by atoms with E-state index in [9.17, 15) is 24.0 Å². The number of nitrogens with one attached hydrogen (secondary N) is 4. The van der Waals surface area contributed by atoms with Crippen LogP contribution in [0.3, 0.4) is 0 Å². The topological polar surface area (TPSA) is 152 Å². The van der Waals surface area contributed by atoms with Gasteiger partial charge in [0.15, 0.2) is 0 Å². The van der Waals surface area contributed by atoms with Crippen LogP contribution in [0.5, 0.6) is 0 Å². The smallest absolute Gasteiger partial charge is 0.408 e. The SMILES string of the molecule is CCOC(=O)/C=C/[C@H](CCC(=O)NC(c1ccccc1)(c1ccccc1)c1ccccc1)NC(=O)[C@H](C)NC(=O)[C@H](CC(C)C)NC(=O)OCc1ccccc1. The molecule has 0 aliphatic heterocycles. The minimum absolute atomic E-state index is 0.0292. The number of esters is 1. The van der Waals surface area contributed by atoms with Gasteiger partial charge in [0.25, 0.3) is 0 Å². The first kappa shape index (κ1) is 42.5. The van der Waals surface area contributed by atoms with Crippen LogP contribution in [0.1, 0.15) is 69.2 Å². The number of ether oxygens (including phenoxy) is 2. The molecular formula is C45H52N4O7. The Morgan fingerprint density at radius 2 is 1.18 bits per heavy atom. The van der Waals surface area contributed by atoms with Crippen molar-refractivity contribution in [2.75, 3.05) is 6.61 Å². The molecule has 0 saturated heterocycles. The van der Waals surface area contributed by atoms with E-state index in [0.29, 0.717) is 6.42 Å². The lowest BCUT2D eigenvalue weighted by molar-refractivity contribution is -0.137. The number of carbonyl (C=O) groups excluding carboxylic acids is 5. The Bertz CT molecular complexity index is 1790. The van der Waals surface area contributed by atoms with Crippen LogP contribution in [0, 0.1) is 5.92 Å². The molecule has 11 heteroatoms. The Labute approximate surface area is 329 Å². The molecule has 4 aromatic rings. The Morgan fingerprint density at radius 1 is 0.661 bits per heavy atom. The van der Waals surface area contributed by atoms with Gasteiger partial charge in [0.1, 0.15) is 24.2 Å². The van der Waals surface area contributed by atoms with Crippen molar-refractivity contribution < 1.29 is 33.4 Å². The number of hydrogen-bond donors (Lipinski definition) is 4. The maximum absolute atomic E-state index is 14.0. The highest BCUT2D eigenvalue weighted by Gasteiger charge is 2.38. The Balaban J connectivity index is 1.48. The van der Waals surface area contributed by atoms with E-state index in [2.05, 4.69) is 21.3 Å². The van der Waals surface area contributed by atoms with Crippen LogP contribution in [0.25, 0.3) is 0 Å². The fourth-order valence-electron chi connectivity index (χ4n) is 6.24. The van der Waals surface area contributed by atoms with Gasteiger partial charge in [-0.15, -0.1) is 0 Å². The highest BCUT2D eigenvalue weighted by molar-refractivity contribution is 5.91. The standard InChI is InChI=1S/C45H52N4O7/c1-5-55-41(51)29-27-38(47-42(52)33(4)46-43(53)39(30-32(2)3)48-44(54)56-31-34-18-10-6-11-19-34)26-28-40(50)49-45(35-20-12-7-13-21-35,36-22-14-8-15-23-36)37-24-16-9-17-25-37/h6-25,27,29,32-33,38-39H,5,26,28,30-31H2,1-4H3,(H,46,53)(H,47,52)(H,48,54)(H,49,50)/b29-27+/t33-,38-,39-/m0/s1. The maximum atomic E-state index is 14.0. The third-order valence-electron chi connectivity index (χ3n) is 8.99. The molecule has 0 radical (unpaired) electrons. The van der Waals surface area contributed by atoms with Crippen molar-refractivity contribution in [2.24, 2.45) is 5.92 Å². The van der Waals surface area contributed by atoms with Crippen molar-refractivity contribution in [1.82, 2.24) is 21.3 Å². The van der Waals surface area contributed by atoms with Gasteiger partial charge in [0.05, 0.1) is 6.61 Å². The number of benzene rings is 4. The monoisotopic (exact) mass is 760 g/mol. The van der Waals surface area contributed by atoms with Gasteiger partial charge in [-0.1, -0.05) is 141 Å². The summed E-state index contributed by atoms with van der Waals surface area (Å²) < 4.78 is 10.4. The van der Waals surface area contributed by atoms with Crippen LogP contribution in [0.2, 0.25) is 0 Å². The lowest BCUT2D eigenvalue weighted by atomic mass is 9.77. The Hall–Kier alpha value is -6.23. The molecule has 4 N–H and O–H groups in total. The molecule has 0 aliphatic rings. The van der Waals surface area contributed by atoms with E-state index in [-0.39, 0.29) is 37.9 Å². The van der Waals surface area contributed by atoms with Gasteiger partial charge in [0.2, 0.25) is 17.7 Å². The summed E-state index contributed by atoms with van der Waals surface area (Å²) >= 11 is 0. The van der Waals surface area contributed by atoms with E-state index in [4.69, 9.17) is 9.47 Å². The highest BCUT2D eigenvalue weighted by Crippen LogP contribution is 2.37. The average Bonchev–Trinajstić information content (AvgIpc) is 3.21. The van der Waals surface area contributed by atoms with Crippen molar-refractivity contribution in [3.63, 3.8) is 0 Å². The number of carbonyl (C=O) groups is 5. The van der Waals surface area contributed by atoms with Crippen LogP contribution in [-0.4, -0.2) is 54.5 Å². The zero-order chi connectivity index (χ0) is 40.3. The normalized spacial score (nSPS) is 12.9.